The van der Waals surface area contributed by atoms with Gasteiger partial charge in [-0.15, -0.1) is 0 Å². The molecule has 1 aromatic rings. The van der Waals surface area contributed by atoms with Crippen molar-refractivity contribution in [2.24, 2.45) is 0 Å². The molecule has 82 valence electrons. The molecule has 0 spiro atoms. The van der Waals surface area contributed by atoms with E-state index in [1.165, 1.54) is 12.1 Å². The van der Waals surface area contributed by atoms with Gasteiger partial charge in [-0.3, -0.25) is 0 Å². The Morgan fingerprint density at radius 2 is 2.27 bits per heavy atom. The first-order valence-electron chi connectivity index (χ1n) is 4.37. The Morgan fingerprint density at radius 3 is 2.87 bits per heavy atom. The van der Waals surface area contributed by atoms with Crippen LogP contribution < -0.4 is 4.74 Å². The Hall–Kier alpha value is -1.29. The largest absolute Gasteiger partial charge is 0.482 e. The quantitative estimate of drug-likeness (QED) is 0.748. The van der Waals surface area contributed by atoms with Gasteiger partial charge in [-0.25, -0.2) is 9.18 Å². The van der Waals surface area contributed by atoms with Gasteiger partial charge in [0, 0.05) is 6.07 Å². The van der Waals surface area contributed by atoms with Crippen LogP contribution in [0.15, 0.2) is 18.2 Å². The van der Waals surface area contributed by atoms with Crippen molar-refractivity contribution < 1.29 is 18.7 Å². The molecule has 0 bridgehead atoms. The van der Waals surface area contributed by atoms with Crippen molar-refractivity contribution in [3.8, 4) is 5.75 Å². The van der Waals surface area contributed by atoms with E-state index in [1.54, 1.807) is 6.92 Å². The van der Waals surface area contributed by atoms with Gasteiger partial charge in [0.1, 0.15) is 11.6 Å². The fraction of sp³-hybridized carbons (Fsp3) is 0.300. The zero-order valence-corrected chi connectivity index (χ0v) is 8.88. The summed E-state index contributed by atoms with van der Waals surface area (Å²) < 4.78 is 22.5. The molecule has 0 atom stereocenters. The smallest absolute Gasteiger partial charge is 0.344 e. The van der Waals surface area contributed by atoms with Crippen LogP contribution in [0.3, 0.4) is 0 Å². The third-order valence-electron chi connectivity index (χ3n) is 1.55. The van der Waals surface area contributed by atoms with Crippen LogP contribution in [-0.2, 0) is 9.53 Å². The van der Waals surface area contributed by atoms with E-state index >= 15 is 0 Å². The van der Waals surface area contributed by atoms with Gasteiger partial charge in [0.05, 0.1) is 11.6 Å². The average molecular weight is 233 g/mol. The second kappa shape index (κ2) is 5.56. The molecule has 15 heavy (non-hydrogen) atoms. The maximum Gasteiger partial charge on any atom is 0.344 e. The lowest BCUT2D eigenvalue weighted by molar-refractivity contribution is -0.145. The molecular weight excluding hydrogens is 223 g/mol. The minimum Gasteiger partial charge on any atom is -0.482 e. The van der Waals surface area contributed by atoms with E-state index in [2.05, 4.69) is 4.74 Å². The Balaban J connectivity index is 2.51. The fourth-order valence-corrected chi connectivity index (χ4v) is 1.03. The van der Waals surface area contributed by atoms with Crippen molar-refractivity contribution in [3.05, 3.63) is 29.0 Å². The normalized spacial score (nSPS) is 9.80. The first-order chi connectivity index (χ1) is 7.13. The molecule has 0 unspecified atom stereocenters. The van der Waals surface area contributed by atoms with Crippen LogP contribution in [0.5, 0.6) is 5.75 Å². The average Bonchev–Trinajstić information content (AvgIpc) is 2.20. The third kappa shape index (κ3) is 3.75. The van der Waals surface area contributed by atoms with E-state index in [0.717, 1.165) is 6.07 Å². The number of esters is 1. The Kier molecular flexibility index (Phi) is 4.37. The summed E-state index contributed by atoms with van der Waals surface area (Å²) in [5.41, 5.74) is 0. The number of rotatable bonds is 4. The van der Waals surface area contributed by atoms with E-state index in [4.69, 9.17) is 16.3 Å². The summed E-state index contributed by atoms with van der Waals surface area (Å²) in [4.78, 5) is 10.9. The molecule has 0 radical (unpaired) electrons. The second-order valence-corrected chi connectivity index (χ2v) is 3.08. The van der Waals surface area contributed by atoms with E-state index in [0.29, 0.717) is 0 Å². The molecule has 1 aromatic carbocycles. The Morgan fingerprint density at radius 1 is 1.53 bits per heavy atom. The number of carbonyl (C=O) groups excluding carboxylic acids is 1. The van der Waals surface area contributed by atoms with Gasteiger partial charge in [-0.2, -0.15) is 0 Å². The van der Waals surface area contributed by atoms with Crippen LogP contribution in [0.1, 0.15) is 6.92 Å². The summed E-state index contributed by atoms with van der Waals surface area (Å²) in [6, 6.07) is 3.95. The SMILES string of the molecule is CCOC(=O)COc1ccc(Cl)c(F)c1. The van der Waals surface area contributed by atoms with Crippen molar-refractivity contribution in [2.45, 2.75) is 6.92 Å². The molecular formula is C10H10ClFO3. The number of carbonyl (C=O) groups is 1. The second-order valence-electron chi connectivity index (χ2n) is 2.67. The summed E-state index contributed by atoms with van der Waals surface area (Å²) in [6.45, 7) is 1.74. The first-order valence-corrected chi connectivity index (χ1v) is 4.74. The first kappa shape index (κ1) is 11.8. The highest BCUT2D eigenvalue weighted by Crippen LogP contribution is 2.20. The summed E-state index contributed by atoms with van der Waals surface area (Å²) in [5, 5.41) is 0.0125. The van der Waals surface area contributed by atoms with Crippen molar-refractivity contribution in [2.75, 3.05) is 13.2 Å². The Labute approximate surface area is 91.7 Å². The van der Waals surface area contributed by atoms with Gasteiger partial charge < -0.3 is 9.47 Å². The zero-order chi connectivity index (χ0) is 11.3. The van der Waals surface area contributed by atoms with Crippen molar-refractivity contribution in [1.82, 2.24) is 0 Å². The van der Waals surface area contributed by atoms with Gasteiger partial charge in [0.25, 0.3) is 0 Å². The molecule has 0 aliphatic heterocycles. The van der Waals surface area contributed by atoms with Gasteiger partial charge in [0.2, 0.25) is 0 Å². The number of hydrogen-bond donors (Lipinski definition) is 0. The third-order valence-corrected chi connectivity index (χ3v) is 1.86. The summed E-state index contributed by atoms with van der Waals surface area (Å²) in [7, 11) is 0. The van der Waals surface area contributed by atoms with Crippen LogP contribution >= 0.6 is 11.6 Å². The molecule has 1 rings (SSSR count). The Bertz CT molecular complexity index is 355. The highest BCUT2D eigenvalue weighted by molar-refractivity contribution is 6.30. The van der Waals surface area contributed by atoms with Gasteiger partial charge in [0.15, 0.2) is 6.61 Å². The van der Waals surface area contributed by atoms with E-state index < -0.39 is 11.8 Å². The van der Waals surface area contributed by atoms with E-state index in [1.807, 2.05) is 0 Å². The molecule has 5 heteroatoms. The molecule has 0 aliphatic carbocycles. The molecule has 3 nitrogen and oxygen atoms in total. The molecule has 0 amide bonds. The molecule has 0 heterocycles. The number of halogens is 2. The van der Waals surface area contributed by atoms with Crippen molar-refractivity contribution in [1.29, 1.82) is 0 Å². The van der Waals surface area contributed by atoms with Crippen molar-refractivity contribution in [3.63, 3.8) is 0 Å². The van der Waals surface area contributed by atoms with Crippen LogP contribution in [0.25, 0.3) is 0 Å². The van der Waals surface area contributed by atoms with Crippen LogP contribution in [0.2, 0.25) is 5.02 Å². The minimum atomic E-state index is -0.585. The predicted molar refractivity (Wildman–Crippen MR) is 53.5 cm³/mol. The van der Waals surface area contributed by atoms with E-state index in [9.17, 15) is 9.18 Å². The maximum absolute atomic E-state index is 12.9. The van der Waals surface area contributed by atoms with E-state index in [-0.39, 0.29) is 24.0 Å². The fourth-order valence-electron chi connectivity index (χ4n) is 0.912. The zero-order valence-electron chi connectivity index (χ0n) is 8.13. The van der Waals surface area contributed by atoms with Crippen molar-refractivity contribution >= 4 is 17.6 Å². The molecule has 0 aromatic heterocycles. The molecule has 0 N–H and O–H groups in total. The predicted octanol–water partition coefficient (Wildman–Crippen LogP) is 2.42. The van der Waals surface area contributed by atoms with Gasteiger partial charge in [-0.05, 0) is 19.1 Å². The lowest BCUT2D eigenvalue weighted by Gasteiger charge is -2.05. The number of hydrogen-bond acceptors (Lipinski definition) is 3. The lowest BCUT2D eigenvalue weighted by atomic mass is 10.3. The topological polar surface area (TPSA) is 35.5 Å². The molecule has 0 saturated heterocycles. The van der Waals surface area contributed by atoms with Gasteiger partial charge in [-0.1, -0.05) is 11.6 Å². The monoisotopic (exact) mass is 232 g/mol. The summed E-state index contributed by atoms with van der Waals surface area (Å²) in [6.07, 6.45) is 0. The van der Waals surface area contributed by atoms with Gasteiger partial charge >= 0.3 is 5.97 Å². The molecule has 0 fully saturated rings. The standard InChI is InChI=1S/C10H10ClFO3/c1-2-14-10(13)6-15-7-3-4-8(11)9(12)5-7/h3-5H,2,6H2,1H3. The number of ether oxygens (including phenoxy) is 2. The summed E-state index contributed by atoms with van der Waals surface area (Å²) in [5.74, 6) is -0.837. The molecule has 0 saturated carbocycles. The molecule has 0 aliphatic rings. The number of benzene rings is 1. The van der Waals surface area contributed by atoms with Crippen LogP contribution in [-0.4, -0.2) is 19.2 Å². The highest BCUT2D eigenvalue weighted by atomic mass is 35.5. The van der Waals surface area contributed by atoms with Crippen LogP contribution in [0, 0.1) is 5.82 Å². The highest BCUT2D eigenvalue weighted by Gasteiger charge is 2.05. The lowest BCUT2D eigenvalue weighted by Crippen LogP contribution is -2.14. The maximum atomic E-state index is 12.9. The minimum absolute atomic E-state index is 0.0125. The van der Waals surface area contributed by atoms with Crippen LogP contribution in [0.4, 0.5) is 4.39 Å². The summed E-state index contributed by atoms with van der Waals surface area (Å²) >= 11 is 5.47.